The standard InChI is InChI=1S/C14H22N2O4S/c1-14(9-17,10-18)16-13(21)15-11-3-5-12(6-4-11)20-8-7-19-2/h3-6,17-18H,7-10H2,1-2H3,(H2,15,16,21). The molecule has 0 bridgehead atoms. The van der Waals surface area contributed by atoms with Crippen molar-refractivity contribution in [2.45, 2.75) is 12.5 Å². The van der Waals surface area contributed by atoms with Gasteiger partial charge in [0.2, 0.25) is 0 Å². The van der Waals surface area contributed by atoms with E-state index in [0.29, 0.717) is 18.3 Å². The molecule has 1 aromatic carbocycles. The molecule has 6 nitrogen and oxygen atoms in total. The van der Waals surface area contributed by atoms with Crippen LogP contribution >= 0.6 is 12.2 Å². The van der Waals surface area contributed by atoms with Crippen molar-refractivity contribution >= 4 is 23.0 Å². The maximum Gasteiger partial charge on any atom is 0.171 e. The van der Waals surface area contributed by atoms with E-state index in [-0.39, 0.29) is 13.2 Å². The summed E-state index contributed by atoms with van der Waals surface area (Å²) < 4.78 is 10.4. The van der Waals surface area contributed by atoms with Crippen LogP contribution in [0.4, 0.5) is 5.69 Å². The average molecular weight is 314 g/mol. The third kappa shape index (κ3) is 6.26. The Morgan fingerprint density at radius 3 is 2.33 bits per heavy atom. The van der Waals surface area contributed by atoms with E-state index in [1.165, 1.54) is 0 Å². The minimum absolute atomic E-state index is 0.225. The Morgan fingerprint density at radius 2 is 1.81 bits per heavy atom. The molecule has 0 radical (unpaired) electrons. The smallest absolute Gasteiger partial charge is 0.171 e. The number of hydrogen-bond acceptors (Lipinski definition) is 5. The highest BCUT2D eigenvalue weighted by Gasteiger charge is 2.22. The maximum atomic E-state index is 9.20. The minimum Gasteiger partial charge on any atom is -0.491 e. The largest absolute Gasteiger partial charge is 0.491 e. The number of benzene rings is 1. The normalized spacial score (nSPS) is 11.0. The van der Waals surface area contributed by atoms with E-state index in [1.807, 2.05) is 24.3 Å². The topological polar surface area (TPSA) is 83.0 Å². The van der Waals surface area contributed by atoms with Crippen molar-refractivity contribution in [1.29, 1.82) is 0 Å². The van der Waals surface area contributed by atoms with E-state index < -0.39 is 5.54 Å². The molecule has 118 valence electrons. The zero-order chi connectivity index (χ0) is 15.7. The van der Waals surface area contributed by atoms with E-state index in [1.54, 1.807) is 14.0 Å². The second-order valence-electron chi connectivity index (χ2n) is 4.82. The lowest BCUT2D eigenvalue weighted by Gasteiger charge is -2.27. The summed E-state index contributed by atoms with van der Waals surface area (Å²) in [4.78, 5) is 0. The first-order valence-corrected chi connectivity index (χ1v) is 6.96. The molecule has 0 saturated heterocycles. The molecular weight excluding hydrogens is 292 g/mol. The summed E-state index contributed by atoms with van der Waals surface area (Å²) in [7, 11) is 1.62. The third-order valence-electron chi connectivity index (χ3n) is 2.78. The van der Waals surface area contributed by atoms with Gasteiger partial charge in [0.25, 0.3) is 0 Å². The van der Waals surface area contributed by atoms with Crippen LogP contribution in [0.2, 0.25) is 0 Å². The Morgan fingerprint density at radius 1 is 1.19 bits per heavy atom. The molecular formula is C14H22N2O4S. The fourth-order valence-electron chi connectivity index (χ4n) is 1.44. The number of methoxy groups -OCH3 is 1. The second kappa shape index (κ2) is 8.78. The highest BCUT2D eigenvalue weighted by atomic mass is 32.1. The molecule has 7 heteroatoms. The van der Waals surface area contributed by atoms with Crippen LogP contribution in [0.1, 0.15) is 6.92 Å². The Labute approximate surface area is 130 Å². The number of ether oxygens (including phenoxy) is 2. The van der Waals surface area contributed by atoms with Crippen LogP contribution in [0.3, 0.4) is 0 Å². The highest BCUT2D eigenvalue weighted by Crippen LogP contribution is 2.15. The van der Waals surface area contributed by atoms with Gasteiger partial charge in [0, 0.05) is 12.8 Å². The molecule has 0 aliphatic rings. The lowest BCUT2D eigenvalue weighted by atomic mass is 10.1. The fourth-order valence-corrected chi connectivity index (χ4v) is 1.81. The lowest BCUT2D eigenvalue weighted by molar-refractivity contribution is 0.120. The maximum absolute atomic E-state index is 9.20. The van der Waals surface area contributed by atoms with Crippen molar-refractivity contribution in [3.05, 3.63) is 24.3 Å². The minimum atomic E-state index is -0.854. The molecule has 21 heavy (non-hydrogen) atoms. The monoisotopic (exact) mass is 314 g/mol. The van der Waals surface area contributed by atoms with Crippen molar-refractivity contribution in [2.24, 2.45) is 0 Å². The van der Waals surface area contributed by atoms with Crippen molar-refractivity contribution in [1.82, 2.24) is 5.32 Å². The van der Waals surface area contributed by atoms with Gasteiger partial charge in [0.1, 0.15) is 12.4 Å². The van der Waals surface area contributed by atoms with Crippen LogP contribution in [0.15, 0.2) is 24.3 Å². The molecule has 0 fully saturated rings. The third-order valence-corrected chi connectivity index (χ3v) is 2.99. The van der Waals surface area contributed by atoms with Crippen LogP contribution < -0.4 is 15.4 Å². The lowest BCUT2D eigenvalue weighted by Crippen LogP contribution is -2.53. The van der Waals surface area contributed by atoms with Crippen LogP contribution in [0.25, 0.3) is 0 Å². The SMILES string of the molecule is COCCOc1ccc(NC(=S)NC(C)(CO)CO)cc1. The summed E-state index contributed by atoms with van der Waals surface area (Å²) in [6.07, 6.45) is 0. The number of rotatable bonds is 8. The molecule has 0 unspecified atom stereocenters. The van der Waals surface area contributed by atoms with Gasteiger partial charge in [0.15, 0.2) is 5.11 Å². The van der Waals surface area contributed by atoms with Gasteiger partial charge in [-0.3, -0.25) is 0 Å². The molecule has 0 heterocycles. The molecule has 0 aromatic heterocycles. The van der Waals surface area contributed by atoms with Crippen molar-refractivity contribution in [3.63, 3.8) is 0 Å². The molecule has 0 atom stereocenters. The van der Waals surface area contributed by atoms with Crippen LogP contribution in [-0.2, 0) is 4.74 Å². The summed E-state index contributed by atoms with van der Waals surface area (Å²) in [5.74, 6) is 0.743. The van der Waals surface area contributed by atoms with Gasteiger partial charge in [-0.15, -0.1) is 0 Å². The number of anilines is 1. The first kappa shape index (κ1) is 17.6. The van der Waals surface area contributed by atoms with E-state index in [2.05, 4.69) is 10.6 Å². The van der Waals surface area contributed by atoms with E-state index in [9.17, 15) is 10.2 Å². The van der Waals surface area contributed by atoms with Gasteiger partial charge >= 0.3 is 0 Å². The van der Waals surface area contributed by atoms with Crippen LogP contribution in [0, 0.1) is 0 Å². The van der Waals surface area contributed by atoms with Crippen LogP contribution in [-0.4, -0.2) is 54.4 Å². The van der Waals surface area contributed by atoms with Crippen molar-refractivity contribution in [3.8, 4) is 5.75 Å². The van der Waals surface area contributed by atoms with E-state index in [0.717, 1.165) is 11.4 Å². The van der Waals surface area contributed by atoms with Gasteiger partial charge in [-0.2, -0.15) is 0 Å². The molecule has 0 amide bonds. The summed E-state index contributed by atoms with van der Waals surface area (Å²) in [5.41, 5.74) is -0.0716. The Bertz CT molecular complexity index is 435. The first-order valence-electron chi connectivity index (χ1n) is 6.55. The molecule has 0 spiro atoms. The van der Waals surface area contributed by atoms with Crippen molar-refractivity contribution < 1.29 is 19.7 Å². The molecule has 1 aromatic rings. The van der Waals surface area contributed by atoms with Gasteiger partial charge in [-0.25, -0.2) is 0 Å². The molecule has 4 N–H and O–H groups in total. The fraction of sp³-hybridized carbons (Fsp3) is 0.500. The predicted molar refractivity (Wildman–Crippen MR) is 85.7 cm³/mol. The number of aliphatic hydroxyl groups is 2. The van der Waals surface area contributed by atoms with E-state index in [4.69, 9.17) is 21.7 Å². The Kier molecular flexibility index (Phi) is 7.38. The molecule has 0 saturated carbocycles. The van der Waals surface area contributed by atoms with Crippen molar-refractivity contribution in [2.75, 3.05) is 38.9 Å². The zero-order valence-electron chi connectivity index (χ0n) is 12.3. The summed E-state index contributed by atoms with van der Waals surface area (Å²) in [6, 6.07) is 7.28. The van der Waals surface area contributed by atoms with Gasteiger partial charge in [-0.1, -0.05) is 0 Å². The second-order valence-corrected chi connectivity index (χ2v) is 5.23. The van der Waals surface area contributed by atoms with E-state index >= 15 is 0 Å². The van der Waals surface area contributed by atoms with Crippen LogP contribution in [0.5, 0.6) is 5.75 Å². The molecule has 1 rings (SSSR count). The quantitative estimate of drug-likeness (QED) is 0.416. The predicted octanol–water partition coefficient (Wildman–Crippen LogP) is 0.742. The summed E-state index contributed by atoms with van der Waals surface area (Å²) in [6.45, 7) is 2.26. The number of thiocarbonyl (C=S) groups is 1. The number of nitrogens with one attached hydrogen (secondary N) is 2. The Hall–Kier alpha value is -1.41. The van der Waals surface area contributed by atoms with Gasteiger partial charge < -0.3 is 30.3 Å². The Balaban J connectivity index is 2.49. The number of hydrogen-bond donors (Lipinski definition) is 4. The van der Waals surface area contributed by atoms with Gasteiger partial charge in [-0.05, 0) is 43.4 Å². The zero-order valence-corrected chi connectivity index (χ0v) is 13.1. The first-order chi connectivity index (χ1) is 10.0. The summed E-state index contributed by atoms with van der Waals surface area (Å²) >= 11 is 5.14. The average Bonchev–Trinajstić information content (AvgIpc) is 2.49. The summed E-state index contributed by atoms with van der Waals surface area (Å²) in [5, 5.41) is 24.6. The molecule has 0 aliphatic carbocycles. The highest BCUT2D eigenvalue weighted by molar-refractivity contribution is 7.80. The number of aliphatic hydroxyl groups excluding tert-OH is 2. The van der Waals surface area contributed by atoms with Gasteiger partial charge in [0.05, 0.1) is 25.4 Å². The molecule has 0 aliphatic heterocycles.